The first-order valence-corrected chi connectivity index (χ1v) is 7.00. The summed E-state index contributed by atoms with van der Waals surface area (Å²) in [5, 5.41) is 11.1. The molecule has 0 atom stereocenters. The third-order valence-electron chi connectivity index (χ3n) is 3.64. The first kappa shape index (κ1) is 15.2. The molecule has 7 heteroatoms. The highest BCUT2D eigenvalue weighted by Gasteiger charge is 2.26. The van der Waals surface area contributed by atoms with Crippen LogP contribution in [0.5, 0.6) is 0 Å². The van der Waals surface area contributed by atoms with Crippen molar-refractivity contribution in [2.45, 2.75) is 19.8 Å². The van der Waals surface area contributed by atoms with E-state index in [2.05, 4.69) is 0 Å². The average Bonchev–Trinajstić information content (AvgIpc) is 2.71. The summed E-state index contributed by atoms with van der Waals surface area (Å²) >= 11 is 0. The van der Waals surface area contributed by atoms with Crippen molar-refractivity contribution in [3.8, 4) is 0 Å². The minimum Gasteiger partial charge on any atom is -0.364 e. The molecule has 0 aromatic heterocycles. The molecule has 1 aromatic rings. The summed E-state index contributed by atoms with van der Waals surface area (Å²) in [6, 6.07) is 4.11. The zero-order chi connectivity index (χ0) is 15.4. The lowest BCUT2D eigenvalue weighted by molar-refractivity contribution is -0.386. The van der Waals surface area contributed by atoms with Crippen LogP contribution in [-0.2, 0) is 4.79 Å². The Morgan fingerprint density at radius 2 is 2.10 bits per heavy atom. The molecule has 0 radical (unpaired) electrons. The van der Waals surface area contributed by atoms with Gasteiger partial charge in [0.15, 0.2) is 0 Å². The van der Waals surface area contributed by atoms with Gasteiger partial charge in [-0.15, -0.1) is 0 Å². The molecule has 6 nitrogen and oxygen atoms in total. The van der Waals surface area contributed by atoms with Gasteiger partial charge < -0.3 is 9.80 Å². The lowest BCUT2D eigenvalue weighted by atomic mass is 10.2. The normalized spacial score (nSPS) is 15.7. The van der Waals surface area contributed by atoms with E-state index in [9.17, 15) is 19.3 Å². The molecule has 1 aromatic carbocycles. The van der Waals surface area contributed by atoms with E-state index in [1.165, 1.54) is 6.07 Å². The molecule has 1 fully saturated rings. The Labute approximate surface area is 122 Å². The highest BCUT2D eigenvalue weighted by atomic mass is 19.1. The van der Waals surface area contributed by atoms with Crippen LogP contribution in [0.3, 0.4) is 0 Å². The van der Waals surface area contributed by atoms with Crippen molar-refractivity contribution in [1.29, 1.82) is 0 Å². The molecular weight excluding hydrogens is 277 g/mol. The summed E-state index contributed by atoms with van der Waals surface area (Å²) in [6.07, 6.45) is 1.15. The minimum absolute atomic E-state index is 0.0746. The Hall–Kier alpha value is -2.18. The van der Waals surface area contributed by atoms with Gasteiger partial charge in [0.05, 0.1) is 4.92 Å². The lowest BCUT2D eigenvalue weighted by Gasteiger charge is -2.23. The van der Waals surface area contributed by atoms with Crippen LogP contribution in [0.4, 0.5) is 15.8 Å². The SMILES string of the molecule is CCC(=O)N1CCCN(c2cccc(F)c2[N+](=O)[O-])CC1. The van der Waals surface area contributed by atoms with E-state index in [1.54, 1.807) is 15.9 Å². The van der Waals surface area contributed by atoms with E-state index in [-0.39, 0.29) is 11.6 Å². The van der Waals surface area contributed by atoms with Crippen molar-refractivity contribution in [3.63, 3.8) is 0 Å². The van der Waals surface area contributed by atoms with E-state index < -0.39 is 16.4 Å². The Bertz CT molecular complexity index is 550. The number of anilines is 1. The molecule has 1 amide bonds. The van der Waals surface area contributed by atoms with Gasteiger partial charge in [0.2, 0.25) is 11.7 Å². The number of halogens is 1. The monoisotopic (exact) mass is 295 g/mol. The molecule has 1 saturated heterocycles. The number of nitrogens with zero attached hydrogens (tertiary/aromatic N) is 3. The molecule has 0 saturated carbocycles. The molecule has 0 N–H and O–H groups in total. The Kier molecular flexibility index (Phi) is 4.72. The van der Waals surface area contributed by atoms with E-state index in [1.807, 2.05) is 6.92 Å². The molecule has 0 aliphatic carbocycles. The number of hydrogen-bond acceptors (Lipinski definition) is 4. The van der Waals surface area contributed by atoms with Crippen molar-refractivity contribution < 1.29 is 14.1 Å². The molecule has 2 rings (SSSR count). The number of carbonyl (C=O) groups is 1. The maximum atomic E-state index is 13.7. The van der Waals surface area contributed by atoms with Crippen LogP contribution in [0, 0.1) is 15.9 Å². The molecule has 114 valence electrons. The highest BCUT2D eigenvalue weighted by Crippen LogP contribution is 2.31. The zero-order valence-electron chi connectivity index (χ0n) is 11.9. The maximum Gasteiger partial charge on any atom is 0.327 e. The second kappa shape index (κ2) is 6.51. The molecule has 0 spiro atoms. The van der Waals surface area contributed by atoms with Gasteiger partial charge in [0, 0.05) is 32.6 Å². The smallest absolute Gasteiger partial charge is 0.327 e. The number of nitro benzene ring substituents is 1. The fraction of sp³-hybridized carbons (Fsp3) is 0.500. The molecular formula is C14H18FN3O3. The van der Waals surface area contributed by atoms with Crippen LogP contribution >= 0.6 is 0 Å². The fourth-order valence-corrected chi connectivity index (χ4v) is 2.57. The van der Waals surface area contributed by atoms with Crippen LogP contribution < -0.4 is 4.90 Å². The van der Waals surface area contributed by atoms with Gasteiger partial charge in [0.1, 0.15) is 5.69 Å². The topological polar surface area (TPSA) is 66.7 Å². The van der Waals surface area contributed by atoms with Gasteiger partial charge in [-0.2, -0.15) is 4.39 Å². The number of nitro groups is 1. The number of carbonyl (C=O) groups excluding carboxylic acids is 1. The number of benzene rings is 1. The van der Waals surface area contributed by atoms with Crippen molar-refractivity contribution in [2.24, 2.45) is 0 Å². The van der Waals surface area contributed by atoms with Crippen LogP contribution in [0.25, 0.3) is 0 Å². The second-order valence-electron chi connectivity index (χ2n) is 4.94. The van der Waals surface area contributed by atoms with Crippen LogP contribution in [-0.4, -0.2) is 41.9 Å². The van der Waals surface area contributed by atoms with E-state index >= 15 is 0 Å². The van der Waals surface area contributed by atoms with Gasteiger partial charge in [0.25, 0.3) is 0 Å². The number of hydrogen-bond donors (Lipinski definition) is 0. The van der Waals surface area contributed by atoms with Gasteiger partial charge in [-0.05, 0) is 18.6 Å². The van der Waals surface area contributed by atoms with Gasteiger partial charge >= 0.3 is 5.69 Å². The number of rotatable bonds is 3. The molecule has 1 aliphatic rings. The van der Waals surface area contributed by atoms with Gasteiger partial charge in [-0.3, -0.25) is 14.9 Å². The molecule has 1 heterocycles. The standard InChI is InChI=1S/C14H18FN3O3/c1-2-13(19)17-8-4-7-16(9-10-17)12-6-3-5-11(15)14(12)18(20)21/h3,5-6H,2,4,7-10H2,1H3. The van der Waals surface area contributed by atoms with Gasteiger partial charge in [-0.1, -0.05) is 13.0 Å². The van der Waals surface area contributed by atoms with E-state index in [0.717, 1.165) is 6.07 Å². The predicted molar refractivity (Wildman–Crippen MR) is 76.8 cm³/mol. The predicted octanol–water partition coefficient (Wildman–Crippen LogP) is 2.18. The number of para-hydroxylation sites is 1. The fourth-order valence-electron chi connectivity index (χ4n) is 2.57. The third kappa shape index (κ3) is 3.29. The van der Waals surface area contributed by atoms with Gasteiger partial charge in [-0.25, -0.2) is 0 Å². The zero-order valence-corrected chi connectivity index (χ0v) is 11.9. The van der Waals surface area contributed by atoms with E-state index in [0.29, 0.717) is 39.0 Å². The summed E-state index contributed by atoms with van der Waals surface area (Å²) in [5.74, 6) is -0.756. The van der Waals surface area contributed by atoms with Crippen molar-refractivity contribution >= 4 is 17.3 Å². The first-order valence-electron chi connectivity index (χ1n) is 7.00. The average molecular weight is 295 g/mol. The Morgan fingerprint density at radius 1 is 1.33 bits per heavy atom. The first-order chi connectivity index (χ1) is 10.0. The molecule has 0 unspecified atom stereocenters. The van der Waals surface area contributed by atoms with Crippen molar-refractivity contribution in [2.75, 3.05) is 31.1 Å². The number of amides is 1. The van der Waals surface area contributed by atoms with Crippen LogP contribution in [0.1, 0.15) is 19.8 Å². The summed E-state index contributed by atoms with van der Waals surface area (Å²) in [5.41, 5.74) is -0.210. The quantitative estimate of drug-likeness (QED) is 0.633. The minimum atomic E-state index is -0.830. The maximum absolute atomic E-state index is 13.7. The van der Waals surface area contributed by atoms with Crippen LogP contribution in [0.15, 0.2) is 18.2 Å². The molecule has 1 aliphatic heterocycles. The highest BCUT2D eigenvalue weighted by molar-refractivity contribution is 5.76. The van der Waals surface area contributed by atoms with Crippen LogP contribution in [0.2, 0.25) is 0 Å². The Balaban J connectivity index is 2.22. The third-order valence-corrected chi connectivity index (χ3v) is 3.64. The Morgan fingerprint density at radius 3 is 2.76 bits per heavy atom. The summed E-state index contributed by atoms with van der Waals surface area (Å²) in [7, 11) is 0. The molecule has 0 bridgehead atoms. The summed E-state index contributed by atoms with van der Waals surface area (Å²) < 4.78 is 13.7. The van der Waals surface area contributed by atoms with Crippen molar-refractivity contribution in [1.82, 2.24) is 4.90 Å². The summed E-state index contributed by atoms with van der Waals surface area (Å²) in [6.45, 7) is 3.98. The molecule has 21 heavy (non-hydrogen) atoms. The second-order valence-corrected chi connectivity index (χ2v) is 4.94. The largest absolute Gasteiger partial charge is 0.364 e. The summed E-state index contributed by atoms with van der Waals surface area (Å²) in [4.78, 5) is 25.6. The van der Waals surface area contributed by atoms with E-state index in [4.69, 9.17) is 0 Å². The lowest BCUT2D eigenvalue weighted by Crippen LogP contribution is -2.34. The van der Waals surface area contributed by atoms with Crippen molar-refractivity contribution in [3.05, 3.63) is 34.1 Å².